The van der Waals surface area contributed by atoms with Crippen molar-refractivity contribution in [2.24, 2.45) is 0 Å². The normalized spacial score (nSPS) is 20.9. The van der Waals surface area contributed by atoms with Crippen LogP contribution in [0.25, 0.3) is 0 Å². The van der Waals surface area contributed by atoms with Crippen LogP contribution in [0, 0.1) is 0 Å². The summed E-state index contributed by atoms with van der Waals surface area (Å²) in [6.07, 6.45) is 2.30. The third kappa shape index (κ3) is 5.01. The Kier molecular flexibility index (Phi) is 5.84. The Balaban J connectivity index is 2.06. The lowest BCUT2D eigenvalue weighted by Gasteiger charge is -2.31. The molecule has 0 bridgehead atoms. The van der Waals surface area contributed by atoms with Crippen molar-refractivity contribution in [1.82, 2.24) is 9.80 Å². The summed E-state index contributed by atoms with van der Waals surface area (Å²) in [5, 5.41) is 10.8. The zero-order valence-corrected chi connectivity index (χ0v) is 15.1. The molecule has 23 heavy (non-hydrogen) atoms. The Morgan fingerprint density at radius 2 is 1.65 bits per heavy atom. The van der Waals surface area contributed by atoms with Gasteiger partial charge in [-0.1, -0.05) is 19.1 Å². The van der Waals surface area contributed by atoms with Gasteiger partial charge in [0.1, 0.15) is 0 Å². The molecule has 0 saturated carbocycles. The third-order valence-corrected chi connectivity index (χ3v) is 5.69. The monoisotopic (exact) mass is 340 g/mol. The average molecular weight is 340 g/mol. The molecule has 1 aromatic rings. The molecule has 0 unspecified atom stereocenters. The zero-order valence-electron chi connectivity index (χ0n) is 14.3. The van der Waals surface area contributed by atoms with E-state index in [0.717, 1.165) is 44.7 Å². The van der Waals surface area contributed by atoms with E-state index in [-0.39, 0.29) is 4.90 Å². The van der Waals surface area contributed by atoms with Crippen molar-refractivity contribution in [3.63, 3.8) is 0 Å². The highest BCUT2D eigenvalue weighted by Crippen LogP contribution is 2.24. The zero-order chi connectivity index (χ0) is 17.1. The van der Waals surface area contributed by atoms with Crippen LogP contribution in [-0.2, 0) is 15.4 Å². The number of hydrogen-bond acceptors (Lipinski definition) is 5. The van der Waals surface area contributed by atoms with Crippen LogP contribution in [0.3, 0.4) is 0 Å². The molecule has 0 amide bonds. The van der Waals surface area contributed by atoms with E-state index in [1.807, 2.05) is 0 Å². The number of β-amino-alcohol motifs (C(OH)–C–C–N with tert-alkyl or cyclic N) is 1. The summed E-state index contributed by atoms with van der Waals surface area (Å²) >= 11 is 0. The van der Waals surface area contributed by atoms with Crippen LogP contribution in [-0.4, -0.2) is 68.8 Å². The summed E-state index contributed by atoms with van der Waals surface area (Å²) in [5.74, 6) is 0. The predicted molar refractivity (Wildman–Crippen MR) is 92.3 cm³/mol. The van der Waals surface area contributed by atoms with E-state index in [4.69, 9.17) is 0 Å². The lowest BCUT2D eigenvalue weighted by molar-refractivity contribution is 0.0170. The molecule has 1 aliphatic heterocycles. The molecule has 0 radical (unpaired) electrons. The van der Waals surface area contributed by atoms with Gasteiger partial charge >= 0.3 is 0 Å². The number of benzene rings is 1. The fourth-order valence-corrected chi connectivity index (χ4v) is 3.72. The molecule has 1 aliphatic rings. The maximum atomic E-state index is 11.5. The van der Waals surface area contributed by atoms with Crippen LogP contribution in [0.4, 0.5) is 0 Å². The highest BCUT2D eigenvalue weighted by molar-refractivity contribution is 7.90. The number of hydrogen-bond donors (Lipinski definition) is 1. The predicted octanol–water partition coefficient (Wildman–Crippen LogP) is 1.33. The van der Waals surface area contributed by atoms with Crippen molar-refractivity contribution >= 4 is 9.84 Å². The fourth-order valence-electron chi connectivity index (χ4n) is 3.09. The second-order valence-corrected chi connectivity index (χ2v) is 8.65. The minimum absolute atomic E-state index is 0.283. The van der Waals surface area contributed by atoms with E-state index in [1.54, 1.807) is 31.2 Å². The van der Waals surface area contributed by atoms with Crippen LogP contribution >= 0.6 is 0 Å². The van der Waals surface area contributed by atoms with Gasteiger partial charge in [0, 0.05) is 25.9 Å². The molecule has 1 aromatic carbocycles. The topological polar surface area (TPSA) is 60.9 Å². The van der Waals surface area contributed by atoms with Crippen LogP contribution in [0.1, 0.15) is 25.8 Å². The highest BCUT2D eigenvalue weighted by Gasteiger charge is 2.27. The summed E-state index contributed by atoms with van der Waals surface area (Å²) in [5.41, 5.74) is -0.237. The molecule has 2 rings (SSSR count). The van der Waals surface area contributed by atoms with Gasteiger partial charge in [-0.05, 0) is 50.7 Å². The number of likely N-dealkylation sites (N-methyl/N-ethyl adjacent to an activating group) is 1. The number of sulfone groups is 1. The number of nitrogens with zero attached hydrogens (tertiary/aromatic N) is 2. The first-order chi connectivity index (χ1) is 10.7. The largest absolute Gasteiger partial charge is 0.384 e. The molecule has 130 valence electrons. The molecule has 1 fully saturated rings. The molecule has 1 heterocycles. The van der Waals surface area contributed by atoms with Gasteiger partial charge in [0.2, 0.25) is 0 Å². The molecule has 5 nitrogen and oxygen atoms in total. The molecule has 6 heteroatoms. The lowest BCUT2D eigenvalue weighted by Crippen LogP contribution is -2.40. The first-order valence-electron chi connectivity index (χ1n) is 8.20. The standard InChI is InChI=1S/C17H28N2O3S/c1-4-18-10-5-11-19(13-12-18)14-17(2,20)15-6-8-16(9-7-15)23(3,21)22/h6-9,20H,4-5,10-14H2,1-3H3/t17-/m0/s1. The van der Waals surface area contributed by atoms with Gasteiger partial charge < -0.3 is 10.0 Å². The summed E-state index contributed by atoms with van der Waals surface area (Å²) in [4.78, 5) is 5.00. The maximum absolute atomic E-state index is 11.5. The minimum Gasteiger partial charge on any atom is -0.384 e. The van der Waals surface area contributed by atoms with Crippen LogP contribution in [0.5, 0.6) is 0 Å². The van der Waals surface area contributed by atoms with Gasteiger partial charge in [-0.3, -0.25) is 4.90 Å². The van der Waals surface area contributed by atoms with Gasteiger partial charge in [0.15, 0.2) is 9.84 Å². The summed E-state index contributed by atoms with van der Waals surface area (Å²) < 4.78 is 23.1. The summed E-state index contributed by atoms with van der Waals surface area (Å²) in [7, 11) is -3.20. The SMILES string of the molecule is CCN1CCCN(C[C@](C)(O)c2ccc(S(C)(=O)=O)cc2)CC1. The number of aliphatic hydroxyl groups is 1. The molecule has 1 atom stereocenters. The highest BCUT2D eigenvalue weighted by atomic mass is 32.2. The third-order valence-electron chi connectivity index (χ3n) is 4.56. The fraction of sp³-hybridized carbons (Fsp3) is 0.647. The lowest BCUT2D eigenvalue weighted by atomic mass is 9.95. The van der Waals surface area contributed by atoms with Gasteiger partial charge in [-0.2, -0.15) is 0 Å². The Morgan fingerprint density at radius 1 is 1.09 bits per heavy atom. The Bertz CT molecular complexity index is 611. The molecular formula is C17H28N2O3S. The molecule has 0 spiro atoms. The quantitative estimate of drug-likeness (QED) is 0.876. The van der Waals surface area contributed by atoms with Gasteiger partial charge in [-0.15, -0.1) is 0 Å². The first-order valence-corrected chi connectivity index (χ1v) is 10.1. The minimum atomic E-state index is -3.20. The van der Waals surface area contributed by atoms with Crippen molar-refractivity contribution in [3.8, 4) is 0 Å². The van der Waals surface area contributed by atoms with Crippen LogP contribution < -0.4 is 0 Å². The average Bonchev–Trinajstić information content (AvgIpc) is 2.71. The summed E-state index contributed by atoms with van der Waals surface area (Å²) in [6, 6.07) is 6.57. The van der Waals surface area contributed by atoms with Crippen LogP contribution in [0.2, 0.25) is 0 Å². The van der Waals surface area contributed by atoms with Crippen molar-refractivity contribution < 1.29 is 13.5 Å². The second-order valence-electron chi connectivity index (χ2n) is 6.63. The number of rotatable bonds is 5. The van der Waals surface area contributed by atoms with E-state index in [2.05, 4.69) is 16.7 Å². The summed E-state index contributed by atoms with van der Waals surface area (Å²) in [6.45, 7) is 9.66. The van der Waals surface area contributed by atoms with Gasteiger partial charge in [-0.25, -0.2) is 8.42 Å². The Labute approximate surface area is 139 Å². The maximum Gasteiger partial charge on any atom is 0.175 e. The molecule has 1 saturated heterocycles. The van der Waals surface area contributed by atoms with Gasteiger partial charge in [0.05, 0.1) is 10.5 Å². The van der Waals surface area contributed by atoms with Crippen molar-refractivity contribution in [2.45, 2.75) is 30.8 Å². The Morgan fingerprint density at radius 3 is 2.22 bits per heavy atom. The van der Waals surface area contributed by atoms with Crippen LogP contribution in [0.15, 0.2) is 29.2 Å². The van der Waals surface area contributed by atoms with E-state index >= 15 is 0 Å². The van der Waals surface area contributed by atoms with Crippen molar-refractivity contribution in [1.29, 1.82) is 0 Å². The molecular weight excluding hydrogens is 312 g/mol. The van der Waals surface area contributed by atoms with E-state index in [9.17, 15) is 13.5 Å². The van der Waals surface area contributed by atoms with E-state index in [1.165, 1.54) is 6.26 Å². The van der Waals surface area contributed by atoms with E-state index < -0.39 is 15.4 Å². The smallest absolute Gasteiger partial charge is 0.175 e. The second kappa shape index (κ2) is 7.30. The van der Waals surface area contributed by atoms with Crippen molar-refractivity contribution in [2.75, 3.05) is 45.5 Å². The van der Waals surface area contributed by atoms with Crippen molar-refractivity contribution in [3.05, 3.63) is 29.8 Å². The Hall–Kier alpha value is -0.950. The van der Waals surface area contributed by atoms with Gasteiger partial charge in [0.25, 0.3) is 0 Å². The molecule has 1 N–H and O–H groups in total. The first kappa shape index (κ1) is 18.4. The molecule has 0 aliphatic carbocycles. The van der Waals surface area contributed by atoms with E-state index in [0.29, 0.717) is 6.54 Å². The molecule has 0 aromatic heterocycles.